The summed E-state index contributed by atoms with van der Waals surface area (Å²) in [5.41, 5.74) is 1.93. The molecule has 0 amide bonds. The molecular weight excluding hydrogens is 316 g/mol. The summed E-state index contributed by atoms with van der Waals surface area (Å²) in [6.07, 6.45) is 6.34. The van der Waals surface area contributed by atoms with Crippen LogP contribution in [0.4, 0.5) is 0 Å². The summed E-state index contributed by atoms with van der Waals surface area (Å²) in [6.45, 7) is 3.25. The summed E-state index contributed by atoms with van der Waals surface area (Å²) in [6, 6.07) is 11.2. The highest BCUT2D eigenvalue weighted by molar-refractivity contribution is 5.70. The van der Waals surface area contributed by atoms with Crippen LogP contribution in [0.1, 0.15) is 17.7 Å². The largest absolute Gasteiger partial charge is 0.494 e. The highest BCUT2D eigenvalue weighted by atomic mass is 16.5. The Bertz CT molecular complexity index is 935. The Morgan fingerprint density at radius 2 is 2.12 bits per heavy atom. The molecule has 126 valence electrons. The maximum atomic E-state index is 11.9. The molecule has 0 aliphatic carbocycles. The molecule has 3 aromatic rings. The number of hydrogen-bond acceptors (Lipinski definition) is 4. The van der Waals surface area contributed by atoms with Gasteiger partial charge < -0.3 is 14.3 Å². The number of rotatable bonds is 6. The van der Waals surface area contributed by atoms with E-state index >= 15 is 0 Å². The van der Waals surface area contributed by atoms with Gasteiger partial charge in [0.15, 0.2) is 0 Å². The number of aryl methyl sites for hydroxylation is 2. The van der Waals surface area contributed by atoms with E-state index in [0.29, 0.717) is 12.2 Å². The van der Waals surface area contributed by atoms with E-state index in [2.05, 4.69) is 9.97 Å². The van der Waals surface area contributed by atoms with Crippen molar-refractivity contribution in [1.82, 2.24) is 14.5 Å². The van der Waals surface area contributed by atoms with E-state index in [1.54, 1.807) is 25.5 Å². The molecule has 0 saturated carbocycles. The molecule has 0 unspecified atom stereocenters. The predicted octanol–water partition coefficient (Wildman–Crippen LogP) is 2.89. The highest BCUT2D eigenvalue weighted by Gasteiger charge is 2.10. The second-order valence-corrected chi connectivity index (χ2v) is 5.71. The smallest absolute Gasteiger partial charge is 0.266 e. The molecule has 1 aromatic carbocycles. The minimum absolute atomic E-state index is 0.125. The molecule has 0 aliphatic rings. The van der Waals surface area contributed by atoms with Crippen molar-refractivity contribution in [2.24, 2.45) is 0 Å². The summed E-state index contributed by atoms with van der Waals surface area (Å²) >= 11 is 0. The third kappa shape index (κ3) is 3.96. The van der Waals surface area contributed by atoms with Crippen LogP contribution >= 0.6 is 0 Å². The topological polar surface area (TPSA) is 83.7 Å². The van der Waals surface area contributed by atoms with E-state index in [1.165, 1.54) is 0 Å². The molecule has 6 heteroatoms. The summed E-state index contributed by atoms with van der Waals surface area (Å²) in [7, 11) is 0. The van der Waals surface area contributed by atoms with E-state index in [0.717, 1.165) is 30.0 Å². The second-order valence-electron chi connectivity index (χ2n) is 5.71. The van der Waals surface area contributed by atoms with Crippen molar-refractivity contribution >= 4 is 0 Å². The van der Waals surface area contributed by atoms with Crippen molar-refractivity contribution in [3.8, 4) is 22.9 Å². The Labute approximate surface area is 145 Å². The van der Waals surface area contributed by atoms with Crippen LogP contribution in [0, 0.1) is 18.3 Å². The molecular formula is C19H18N4O2. The maximum absolute atomic E-state index is 11.9. The van der Waals surface area contributed by atoms with Gasteiger partial charge in [-0.1, -0.05) is 12.1 Å². The van der Waals surface area contributed by atoms with Crippen molar-refractivity contribution in [2.45, 2.75) is 19.9 Å². The van der Waals surface area contributed by atoms with Crippen molar-refractivity contribution < 1.29 is 4.74 Å². The summed E-state index contributed by atoms with van der Waals surface area (Å²) in [4.78, 5) is 18.5. The maximum Gasteiger partial charge on any atom is 0.266 e. The summed E-state index contributed by atoms with van der Waals surface area (Å²) in [5.74, 6) is 0.759. The van der Waals surface area contributed by atoms with Gasteiger partial charge in [-0.05, 0) is 37.1 Å². The minimum atomic E-state index is -0.364. The van der Waals surface area contributed by atoms with E-state index in [4.69, 9.17) is 4.74 Å². The fraction of sp³-hybridized carbons (Fsp3) is 0.211. The number of aromatic nitrogens is 3. The first-order chi connectivity index (χ1) is 12.2. The van der Waals surface area contributed by atoms with Crippen molar-refractivity contribution in [1.29, 1.82) is 5.26 Å². The number of H-pyrrole nitrogens is 1. The van der Waals surface area contributed by atoms with Gasteiger partial charge in [-0.2, -0.15) is 5.26 Å². The molecule has 2 heterocycles. The monoisotopic (exact) mass is 334 g/mol. The molecule has 25 heavy (non-hydrogen) atoms. The zero-order valence-electron chi connectivity index (χ0n) is 13.9. The van der Waals surface area contributed by atoms with Crippen molar-refractivity contribution in [3.63, 3.8) is 0 Å². The molecule has 0 aliphatic heterocycles. The van der Waals surface area contributed by atoms with E-state index < -0.39 is 0 Å². The number of ether oxygens (including phenoxy) is 1. The lowest BCUT2D eigenvalue weighted by Crippen LogP contribution is -2.12. The molecule has 0 spiro atoms. The van der Waals surface area contributed by atoms with Crippen molar-refractivity contribution in [2.75, 3.05) is 6.61 Å². The van der Waals surface area contributed by atoms with Crippen LogP contribution in [0.3, 0.4) is 0 Å². The van der Waals surface area contributed by atoms with Gasteiger partial charge in [0.2, 0.25) is 0 Å². The number of imidazole rings is 1. The molecule has 2 aromatic heterocycles. The van der Waals surface area contributed by atoms with Crippen molar-refractivity contribution in [3.05, 3.63) is 70.7 Å². The normalized spacial score (nSPS) is 10.4. The van der Waals surface area contributed by atoms with E-state index in [9.17, 15) is 10.1 Å². The first-order valence-electron chi connectivity index (χ1n) is 8.00. The Hall–Kier alpha value is -3.33. The third-order valence-corrected chi connectivity index (χ3v) is 3.83. The number of nitriles is 1. The first kappa shape index (κ1) is 16.5. The number of pyridine rings is 1. The minimum Gasteiger partial charge on any atom is -0.494 e. The number of benzene rings is 1. The molecule has 1 N–H and O–H groups in total. The van der Waals surface area contributed by atoms with Crippen LogP contribution in [-0.2, 0) is 6.54 Å². The van der Waals surface area contributed by atoms with Gasteiger partial charge in [0.25, 0.3) is 5.56 Å². The number of nitrogens with zero attached hydrogens (tertiary/aromatic N) is 3. The Balaban J connectivity index is 1.66. The summed E-state index contributed by atoms with van der Waals surface area (Å²) in [5, 5.41) is 9.23. The molecule has 0 fully saturated rings. The van der Waals surface area contributed by atoms with Crippen LogP contribution in [0.2, 0.25) is 0 Å². The van der Waals surface area contributed by atoms with Crippen LogP contribution < -0.4 is 10.3 Å². The molecule has 0 radical (unpaired) electrons. The van der Waals surface area contributed by atoms with Gasteiger partial charge in [-0.15, -0.1) is 0 Å². The molecule has 6 nitrogen and oxygen atoms in total. The lowest BCUT2D eigenvalue weighted by atomic mass is 10.0. The molecule has 0 atom stereocenters. The summed E-state index contributed by atoms with van der Waals surface area (Å²) < 4.78 is 7.74. The lowest BCUT2D eigenvalue weighted by Gasteiger charge is -2.09. The zero-order valence-corrected chi connectivity index (χ0v) is 13.9. The third-order valence-electron chi connectivity index (χ3n) is 3.83. The highest BCUT2D eigenvalue weighted by Crippen LogP contribution is 2.24. The van der Waals surface area contributed by atoms with Crippen LogP contribution in [0.5, 0.6) is 5.75 Å². The SMILES string of the molecule is Cc1cc(-c2ccc(OCCCn3ccnc3)cc2)c(C#N)c(=O)[nH]1. The Morgan fingerprint density at radius 3 is 2.80 bits per heavy atom. The molecule has 3 rings (SSSR count). The average molecular weight is 334 g/mol. The number of hydrogen-bond donors (Lipinski definition) is 1. The van der Waals surface area contributed by atoms with Crippen LogP contribution in [-0.4, -0.2) is 21.1 Å². The Morgan fingerprint density at radius 1 is 1.32 bits per heavy atom. The molecule has 0 bridgehead atoms. The van der Waals surface area contributed by atoms with Crippen LogP contribution in [0.25, 0.3) is 11.1 Å². The average Bonchev–Trinajstić information content (AvgIpc) is 3.12. The fourth-order valence-corrected chi connectivity index (χ4v) is 2.61. The van der Waals surface area contributed by atoms with Gasteiger partial charge in [0, 0.05) is 30.2 Å². The molecule has 0 saturated heterocycles. The first-order valence-corrected chi connectivity index (χ1v) is 8.00. The van der Waals surface area contributed by atoms with Gasteiger partial charge in [-0.25, -0.2) is 4.98 Å². The van der Waals surface area contributed by atoms with Gasteiger partial charge in [0.05, 0.1) is 12.9 Å². The van der Waals surface area contributed by atoms with Gasteiger partial charge in [0.1, 0.15) is 17.4 Å². The van der Waals surface area contributed by atoms with Gasteiger partial charge >= 0.3 is 0 Å². The van der Waals surface area contributed by atoms with Crippen LogP contribution in [0.15, 0.2) is 53.8 Å². The second kappa shape index (κ2) is 7.49. The predicted molar refractivity (Wildman–Crippen MR) is 94.3 cm³/mol. The quantitative estimate of drug-likeness (QED) is 0.703. The lowest BCUT2D eigenvalue weighted by molar-refractivity contribution is 0.302. The Kier molecular flexibility index (Phi) is 4.95. The zero-order chi connectivity index (χ0) is 17.6. The van der Waals surface area contributed by atoms with E-state index in [-0.39, 0.29) is 11.1 Å². The van der Waals surface area contributed by atoms with Gasteiger partial charge in [-0.3, -0.25) is 4.79 Å². The number of nitrogens with one attached hydrogen (secondary N) is 1. The standard InChI is InChI=1S/C19H18N4O2/c1-14-11-17(18(12-20)19(24)22-14)15-3-5-16(6-4-15)25-10-2-8-23-9-7-21-13-23/h3-7,9,11,13H,2,8,10H2,1H3,(H,22,24). The van der Waals surface area contributed by atoms with E-state index in [1.807, 2.05) is 41.1 Å². The number of aromatic amines is 1. The fourth-order valence-electron chi connectivity index (χ4n) is 2.61.